The van der Waals surface area contributed by atoms with Crippen LogP contribution in [0.2, 0.25) is 0 Å². The van der Waals surface area contributed by atoms with E-state index in [0.29, 0.717) is 17.7 Å². The van der Waals surface area contributed by atoms with Crippen LogP contribution >= 0.6 is 11.3 Å². The van der Waals surface area contributed by atoms with E-state index < -0.39 is 32.5 Å². The molecule has 1 aromatic heterocycles. The van der Waals surface area contributed by atoms with Gasteiger partial charge in [0.15, 0.2) is 5.13 Å². The number of benzene rings is 3. The fourth-order valence-electron chi connectivity index (χ4n) is 4.87. The quantitative estimate of drug-likeness (QED) is 0.300. The number of piperidine rings is 1. The first-order valence-corrected chi connectivity index (χ1v) is 14.6. The zero-order valence-electron chi connectivity index (χ0n) is 21.0. The molecule has 0 bridgehead atoms. The SMILES string of the molecule is Cc1cc(C)c2sc(N(Cc3ccccc3)C(=O)C3CCN(S(=O)(=O)c4ccc(F)cc4F)CC3)nc2c1. The van der Waals surface area contributed by atoms with Gasteiger partial charge in [-0.05, 0) is 61.6 Å². The van der Waals surface area contributed by atoms with E-state index in [1.54, 1.807) is 4.90 Å². The van der Waals surface area contributed by atoms with Crippen LogP contribution in [0.4, 0.5) is 13.9 Å². The highest BCUT2D eigenvalue weighted by molar-refractivity contribution is 7.89. The second-order valence-corrected chi connectivity index (χ2v) is 12.5. The standard InChI is InChI=1S/C28H27F2N3O3S2/c1-18-14-19(2)26-24(15-18)31-28(37-26)33(17-20-6-4-3-5-7-20)27(34)21-10-12-32(13-11-21)38(35,36)25-9-8-22(29)16-23(25)30/h3-9,14-16,21H,10-13,17H2,1-2H3. The third-order valence-corrected chi connectivity index (χ3v) is 9.97. The van der Waals surface area contributed by atoms with Crippen LogP contribution in [0.15, 0.2) is 65.6 Å². The highest BCUT2D eigenvalue weighted by Gasteiger charge is 2.36. The molecule has 0 spiro atoms. The highest BCUT2D eigenvalue weighted by atomic mass is 32.2. The molecule has 5 rings (SSSR count). The van der Waals surface area contributed by atoms with Crippen LogP contribution in [-0.2, 0) is 21.4 Å². The summed E-state index contributed by atoms with van der Waals surface area (Å²) < 4.78 is 55.8. The lowest BCUT2D eigenvalue weighted by Crippen LogP contribution is -2.44. The zero-order chi connectivity index (χ0) is 27.0. The number of thiazole rings is 1. The van der Waals surface area contributed by atoms with E-state index in [2.05, 4.69) is 6.07 Å². The van der Waals surface area contributed by atoms with Crippen LogP contribution in [0.1, 0.15) is 29.5 Å². The van der Waals surface area contributed by atoms with E-state index in [9.17, 15) is 22.0 Å². The van der Waals surface area contributed by atoms with E-state index in [4.69, 9.17) is 4.98 Å². The predicted octanol–water partition coefficient (Wildman–Crippen LogP) is 5.83. The molecule has 38 heavy (non-hydrogen) atoms. The molecule has 2 heterocycles. The number of halogens is 2. The Kier molecular flexibility index (Phi) is 7.30. The molecule has 1 saturated heterocycles. The molecule has 198 valence electrons. The summed E-state index contributed by atoms with van der Waals surface area (Å²) >= 11 is 1.47. The fourth-order valence-corrected chi connectivity index (χ4v) is 7.41. The first-order chi connectivity index (χ1) is 18.1. The summed E-state index contributed by atoms with van der Waals surface area (Å²) in [5.41, 5.74) is 4.00. The lowest BCUT2D eigenvalue weighted by Gasteiger charge is -2.33. The lowest BCUT2D eigenvalue weighted by atomic mass is 9.96. The van der Waals surface area contributed by atoms with Crippen LogP contribution < -0.4 is 4.90 Å². The van der Waals surface area contributed by atoms with Crippen molar-refractivity contribution in [2.24, 2.45) is 5.92 Å². The largest absolute Gasteiger partial charge is 0.283 e. The molecule has 1 amide bonds. The van der Waals surface area contributed by atoms with Crippen molar-refractivity contribution >= 4 is 42.6 Å². The van der Waals surface area contributed by atoms with Crippen molar-refractivity contribution < 1.29 is 22.0 Å². The summed E-state index contributed by atoms with van der Waals surface area (Å²) in [6.45, 7) is 4.51. The van der Waals surface area contributed by atoms with Crippen molar-refractivity contribution in [2.45, 2.75) is 38.1 Å². The topological polar surface area (TPSA) is 70.6 Å². The maximum atomic E-state index is 14.2. The molecular weight excluding hydrogens is 528 g/mol. The van der Waals surface area contributed by atoms with Gasteiger partial charge in [0.1, 0.15) is 16.5 Å². The summed E-state index contributed by atoms with van der Waals surface area (Å²) in [6, 6.07) is 16.2. The van der Waals surface area contributed by atoms with Gasteiger partial charge in [0, 0.05) is 25.1 Å². The Balaban J connectivity index is 1.39. The zero-order valence-corrected chi connectivity index (χ0v) is 22.7. The number of anilines is 1. The minimum Gasteiger partial charge on any atom is -0.283 e. The number of fused-ring (bicyclic) bond motifs is 1. The molecule has 0 unspecified atom stereocenters. The first-order valence-electron chi connectivity index (χ1n) is 12.3. The van der Waals surface area contributed by atoms with Crippen LogP contribution in [0, 0.1) is 31.4 Å². The number of carbonyl (C=O) groups is 1. The number of amides is 1. The minimum atomic E-state index is -4.15. The Bertz CT molecular complexity index is 1600. The Hall–Kier alpha value is -3.21. The monoisotopic (exact) mass is 555 g/mol. The molecule has 3 aromatic carbocycles. The third kappa shape index (κ3) is 5.21. The van der Waals surface area contributed by atoms with Gasteiger partial charge in [0.25, 0.3) is 0 Å². The number of aryl methyl sites for hydroxylation is 2. The van der Waals surface area contributed by atoms with Gasteiger partial charge in [-0.15, -0.1) is 0 Å². The van der Waals surface area contributed by atoms with Gasteiger partial charge in [-0.25, -0.2) is 22.2 Å². The average molecular weight is 556 g/mol. The third-order valence-electron chi connectivity index (χ3n) is 6.80. The molecule has 10 heteroatoms. The molecule has 1 fully saturated rings. The normalized spacial score (nSPS) is 15.2. The molecule has 0 aliphatic carbocycles. The lowest BCUT2D eigenvalue weighted by molar-refractivity contribution is -0.123. The van der Waals surface area contributed by atoms with E-state index in [1.165, 1.54) is 15.6 Å². The minimum absolute atomic E-state index is 0.0624. The summed E-state index contributed by atoms with van der Waals surface area (Å²) in [4.78, 5) is 19.8. The number of rotatable bonds is 6. The maximum absolute atomic E-state index is 14.2. The van der Waals surface area contributed by atoms with Crippen molar-refractivity contribution in [3.8, 4) is 0 Å². The molecular formula is C28H27F2N3O3S2. The molecule has 0 atom stereocenters. The van der Waals surface area contributed by atoms with Crippen LogP contribution in [0.5, 0.6) is 0 Å². The van der Waals surface area contributed by atoms with Gasteiger partial charge >= 0.3 is 0 Å². The van der Waals surface area contributed by atoms with Crippen LogP contribution in [-0.4, -0.2) is 36.7 Å². The van der Waals surface area contributed by atoms with Gasteiger partial charge < -0.3 is 0 Å². The van der Waals surface area contributed by atoms with E-state index in [1.807, 2.05) is 50.2 Å². The van der Waals surface area contributed by atoms with Crippen molar-refractivity contribution in [3.63, 3.8) is 0 Å². The summed E-state index contributed by atoms with van der Waals surface area (Å²) in [6.07, 6.45) is 0.574. The Morgan fingerprint density at radius 3 is 2.45 bits per heavy atom. The summed E-state index contributed by atoms with van der Waals surface area (Å²) in [7, 11) is -4.15. The second-order valence-electron chi connectivity index (χ2n) is 9.59. The molecule has 4 aromatic rings. The Morgan fingerprint density at radius 2 is 1.76 bits per heavy atom. The molecule has 0 saturated carbocycles. The summed E-state index contributed by atoms with van der Waals surface area (Å²) in [5, 5.41) is 0.603. The van der Waals surface area contributed by atoms with Gasteiger partial charge in [-0.3, -0.25) is 9.69 Å². The van der Waals surface area contributed by atoms with Crippen molar-refractivity contribution in [2.75, 3.05) is 18.0 Å². The molecule has 6 nitrogen and oxygen atoms in total. The van der Waals surface area contributed by atoms with Crippen LogP contribution in [0.25, 0.3) is 10.2 Å². The van der Waals surface area contributed by atoms with Gasteiger partial charge in [-0.2, -0.15) is 4.31 Å². The van der Waals surface area contributed by atoms with Crippen molar-refractivity contribution in [1.29, 1.82) is 0 Å². The molecule has 0 N–H and O–H groups in total. The number of aromatic nitrogens is 1. The van der Waals surface area contributed by atoms with Crippen molar-refractivity contribution in [1.82, 2.24) is 9.29 Å². The van der Waals surface area contributed by atoms with E-state index in [-0.39, 0.29) is 31.8 Å². The number of carbonyl (C=O) groups excluding carboxylic acids is 1. The van der Waals surface area contributed by atoms with Gasteiger partial charge in [0.05, 0.1) is 16.8 Å². The number of hydrogen-bond acceptors (Lipinski definition) is 5. The summed E-state index contributed by atoms with van der Waals surface area (Å²) in [5.74, 6) is -2.51. The smallest absolute Gasteiger partial charge is 0.245 e. The van der Waals surface area contributed by atoms with E-state index in [0.717, 1.165) is 39.0 Å². The average Bonchev–Trinajstić information content (AvgIpc) is 3.31. The maximum Gasteiger partial charge on any atom is 0.245 e. The molecule has 1 aliphatic heterocycles. The molecule has 1 aliphatic rings. The fraction of sp³-hybridized carbons (Fsp3) is 0.286. The first kappa shape index (κ1) is 26.4. The number of nitrogens with zero attached hydrogens (tertiary/aromatic N) is 3. The number of hydrogen-bond donors (Lipinski definition) is 0. The predicted molar refractivity (Wildman–Crippen MR) is 145 cm³/mol. The van der Waals surface area contributed by atoms with Gasteiger partial charge in [0.2, 0.25) is 15.9 Å². The Labute approximate surface area is 224 Å². The van der Waals surface area contributed by atoms with Crippen LogP contribution in [0.3, 0.4) is 0 Å². The van der Waals surface area contributed by atoms with Crippen molar-refractivity contribution in [3.05, 3.63) is 89.0 Å². The highest BCUT2D eigenvalue weighted by Crippen LogP contribution is 2.35. The Morgan fingerprint density at radius 1 is 1.05 bits per heavy atom. The second kappa shape index (κ2) is 10.5. The number of sulfonamides is 1. The molecule has 0 radical (unpaired) electrons. The van der Waals surface area contributed by atoms with Gasteiger partial charge in [-0.1, -0.05) is 47.7 Å². The van der Waals surface area contributed by atoms with E-state index >= 15 is 0 Å².